The molecule has 0 unspecified atom stereocenters. The Hall–Kier alpha value is -1.26. The van der Waals surface area contributed by atoms with Gasteiger partial charge in [0.1, 0.15) is 5.75 Å². The Kier molecular flexibility index (Phi) is 5.20. The van der Waals surface area contributed by atoms with Crippen LogP contribution in [0.4, 0.5) is 0 Å². The molecule has 4 N–H and O–H groups in total. The lowest BCUT2D eigenvalue weighted by atomic mass is 9.80. The zero-order valence-corrected chi connectivity index (χ0v) is 11.8. The number of carboxylic acid groups (broad SMARTS) is 1. The predicted molar refractivity (Wildman–Crippen MR) is 73.4 cm³/mol. The van der Waals surface area contributed by atoms with Crippen LogP contribution in [0.15, 0.2) is 12.1 Å². The summed E-state index contributed by atoms with van der Waals surface area (Å²) >= 11 is 0. The Bertz CT molecular complexity index is 452. The van der Waals surface area contributed by atoms with E-state index in [-0.39, 0.29) is 29.1 Å². The highest BCUT2D eigenvalue weighted by molar-refractivity contribution is 5.90. The van der Waals surface area contributed by atoms with Crippen molar-refractivity contribution in [3.63, 3.8) is 0 Å². The third-order valence-corrected chi connectivity index (χ3v) is 2.89. The monoisotopic (exact) mass is 273 g/mol. The minimum Gasteiger partial charge on any atom is -0.507 e. The van der Waals surface area contributed by atoms with Gasteiger partial charge < -0.3 is 15.9 Å². The first-order valence-corrected chi connectivity index (χ1v) is 5.47. The molecule has 0 spiro atoms. The van der Waals surface area contributed by atoms with E-state index < -0.39 is 12.0 Å². The highest BCUT2D eigenvalue weighted by Crippen LogP contribution is 2.38. The first kappa shape index (κ1) is 16.7. The van der Waals surface area contributed by atoms with Crippen LogP contribution < -0.4 is 5.73 Å². The van der Waals surface area contributed by atoms with Crippen molar-refractivity contribution in [3.8, 4) is 5.75 Å². The van der Waals surface area contributed by atoms with Crippen molar-refractivity contribution in [2.24, 2.45) is 11.1 Å². The molecule has 18 heavy (non-hydrogen) atoms. The minimum absolute atomic E-state index is 0. The predicted octanol–water partition coefficient (Wildman–Crippen LogP) is 2.87. The summed E-state index contributed by atoms with van der Waals surface area (Å²) in [5.41, 5.74) is 6.74. The molecule has 4 nitrogen and oxygen atoms in total. The van der Waals surface area contributed by atoms with Crippen molar-refractivity contribution in [1.29, 1.82) is 0 Å². The molecule has 1 aromatic rings. The summed E-state index contributed by atoms with van der Waals surface area (Å²) in [6.45, 7) is 7.45. The van der Waals surface area contributed by atoms with Gasteiger partial charge in [-0.1, -0.05) is 26.8 Å². The Balaban J connectivity index is 0.00000289. The van der Waals surface area contributed by atoms with Gasteiger partial charge in [-0.25, -0.2) is 4.79 Å². The molecule has 0 saturated carbocycles. The van der Waals surface area contributed by atoms with Gasteiger partial charge in [-0.3, -0.25) is 0 Å². The number of phenols is 1. The molecule has 0 heterocycles. The standard InChI is InChI=1S/C13H19NO3.ClH/c1-7-5-6-8(12(16)17)9(10(7)15)11(14)13(2,3)4;/h5-6,11,15H,14H2,1-4H3,(H,16,17);1H/t11-;/m1./s1. The second kappa shape index (κ2) is 5.59. The van der Waals surface area contributed by atoms with Gasteiger partial charge in [0, 0.05) is 11.6 Å². The SMILES string of the molecule is Cc1ccc(C(=O)O)c([C@@H](N)C(C)(C)C)c1O.Cl. The topological polar surface area (TPSA) is 83.5 Å². The summed E-state index contributed by atoms with van der Waals surface area (Å²) in [5.74, 6) is -1.10. The van der Waals surface area contributed by atoms with E-state index >= 15 is 0 Å². The van der Waals surface area contributed by atoms with Gasteiger partial charge in [0.05, 0.1) is 5.56 Å². The summed E-state index contributed by atoms with van der Waals surface area (Å²) in [4.78, 5) is 11.2. The number of rotatable bonds is 2. The van der Waals surface area contributed by atoms with Gasteiger partial charge in [-0.05, 0) is 24.0 Å². The van der Waals surface area contributed by atoms with E-state index in [2.05, 4.69) is 0 Å². The summed E-state index contributed by atoms with van der Waals surface area (Å²) in [6.07, 6.45) is 0. The van der Waals surface area contributed by atoms with E-state index in [1.807, 2.05) is 20.8 Å². The number of carboxylic acids is 1. The first-order valence-electron chi connectivity index (χ1n) is 5.47. The first-order chi connectivity index (χ1) is 7.66. The van der Waals surface area contributed by atoms with E-state index in [1.165, 1.54) is 6.07 Å². The highest BCUT2D eigenvalue weighted by Gasteiger charge is 2.29. The van der Waals surface area contributed by atoms with E-state index in [4.69, 9.17) is 10.8 Å². The number of hydrogen-bond acceptors (Lipinski definition) is 3. The lowest BCUT2D eigenvalue weighted by Gasteiger charge is -2.29. The number of aromatic carboxylic acids is 1. The maximum Gasteiger partial charge on any atom is 0.336 e. The second-order valence-corrected chi connectivity index (χ2v) is 5.34. The number of carbonyl (C=O) groups is 1. The van der Waals surface area contributed by atoms with Gasteiger partial charge in [-0.2, -0.15) is 0 Å². The van der Waals surface area contributed by atoms with E-state index in [9.17, 15) is 9.90 Å². The Morgan fingerprint density at radius 1 is 1.33 bits per heavy atom. The maximum atomic E-state index is 11.2. The van der Waals surface area contributed by atoms with Crippen LogP contribution in [-0.4, -0.2) is 16.2 Å². The third-order valence-electron chi connectivity index (χ3n) is 2.89. The van der Waals surface area contributed by atoms with Crippen LogP contribution >= 0.6 is 12.4 Å². The lowest BCUT2D eigenvalue weighted by molar-refractivity contribution is 0.0693. The van der Waals surface area contributed by atoms with Crippen LogP contribution in [0.1, 0.15) is 48.3 Å². The molecule has 0 fully saturated rings. The molecule has 1 atom stereocenters. The number of aryl methyl sites for hydroxylation is 1. The third kappa shape index (κ3) is 3.15. The van der Waals surface area contributed by atoms with Crippen molar-refractivity contribution in [3.05, 3.63) is 28.8 Å². The van der Waals surface area contributed by atoms with E-state index in [0.29, 0.717) is 11.1 Å². The lowest BCUT2D eigenvalue weighted by Crippen LogP contribution is -2.28. The average molecular weight is 274 g/mol. The second-order valence-electron chi connectivity index (χ2n) is 5.34. The molecule has 0 aliphatic carbocycles. The maximum absolute atomic E-state index is 11.2. The van der Waals surface area contributed by atoms with Crippen LogP contribution in [0.3, 0.4) is 0 Å². The molecule has 1 aromatic carbocycles. The molecule has 0 aromatic heterocycles. The fourth-order valence-electron chi connectivity index (χ4n) is 1.65. The smallest absolute Gasteiger partial charge is 0.336 e. The summed E-state index contributed by atoms with van der Waals surface area (Å²) in [7, 11) is 0. The van der Waals surface area contributed by atoms with Crippen molar-refractivity contribution in [2.45, 2.75) is 33.7 Å². The van der Waals surface area contributed by atoms with Gasteiger partial charge >= 0.3 is 5.97 Å². The number of phenolic OH excluding ortho intramolecular Hbond substituents is 1. The molecule has 0 aliphatic rings. The Morgan fingerprint density at radius 3 is 2.22 bits per heavy atom. The normalized spacial score (nSPS) is 12.7. The van der Waals surface area contributed by atoms with Crippen LogP contribution in [0.5, 0.6) is 5.75 Å². The molecule has 0 saturated heterocycles. The number of aromatic hydroxyl groups is 1. The van der Waals surface area contributed by atoms with Gasteiger partial charge in [0.15, 0.2) is 0 Å². The van der Waals surface area contributed by atoms with E-state index in [1.54, 1.807) is 13.0 Å². The van der Waals surface area contributed by atoms with Gasteiger partial charge in [-0.15, -0.1) is 12.4 Å². The summed E-state index contributed by atoms with van der Waals surface area (Å²) in [6, 6.07) is 2.53. The molecular formula is C13H20ClNO3. The quantitative estimate of drug-likeness (QED) is 0.774. The van der Waals surface area contributed by atoms with Crippen molar-refractivity contribution < 1.29 is 15.0 Å². The molecule has 0 amide bonds. The van der Waals surface area contributed by atoms with E-state index in [0.717, 1.165) is 0 Å². The number of benzene rings is 1. The zero-order valence-electron chi connectivity index (χ0n) is 11.0. The van der Waals surface area contributed by atoms with Crippen LogP contribution in [-0.2, 0) is 0 Å². The molecule has 1 rings (SSSR count). The number of nitrogens with two attached hydrogens (primary N) is 1. The molecular weight excluding hydrogens is 254 g/mol. The van der Waals surface area contributed by atoms with Crippen LogP contribution in [0.25, 0.3) is 0 Å². The molecule has 5 heteroatoms. The number of hydrogen-bond donors (Lipinski definition) is 3. The molecule has 0 radical (unpaired) electrons. The zero-order chi connectivity index (χ0) is 13.4. The average Bonchev–Trinajstić information content (AvgIpc) is 2.19. The van der Waals surface area contributed by atoms with Gasteiger partial charge in [0.2, 0.25) is 0 Å². The fourth-order valence-corrected chi connectivity index (χ4v) is 1.65. The fraction of sp³-hybridized carbons (Fsp3) is 0.462. The molecule has 102 valence electrons. The highest BCUT2D eigenvalue weighted by atomic mass is 35.5. The number of halogens is 1. The van der Waals surface area contributed by atoms with Crippen LogP contribution in [0.2, 0.25) is 0 Å². The largest absolute Gasteiger partial charge is 0.507 e. The Morgan fingerprint density at radius 2 is 1.83 bits per heavy atom. The Labute approximate surface area is 113 Å². The van der Waals surface area contributed by atoms with Crippen molar-refractivity contribution in [2.75, 3.05) is 0 Å². The van der Waals surface area contributed by atoms with Gasteiger partial charge in [0.25, 0.3) is 0 Å². The van der Waals surface area contributed by atoms with Crippen molar-refractivity contribution in [1.82, 2.24) is 0 Å². The molecule has 0 aliphatic heterocycles. The summed E-state index contributed by atoms with van der Waals surface area (Å²) < 4.78 is 0. The molecule has 0 bridgehead atoms. The minimum atomic E-state index is -1.07. The van der Waals surface area contributed by atoms with Crippen molar-refractivity contribution >= 4 is 18.4 Å². The summed E-state index contributed by atoms with van der Waals surface area (Å²) in [5, 5.41) is 19.1. The van der Waals surface area contributed by atoms with Crippen LogP contribution in [0, 0.1) is 12.3 Å².